The van der Waals surface area contributed by atoms with Crippen LogP contribution in [0.25, 0.3) is 10.9 Å². The smallest absolute Gasteiger partial charge is 0.334 e. The van der Waals surface area contributed by atoms with Crippen LogP contribution in [0.4, 0.5) is 0 Å². The Labute approximate surface area is 125 Å². The monoisotopic (exact) mass is 338 g/mol. The Kier molecular flexibility index (Phi) is 4.79. The maximum atomic E-state index is 11.5. The van der Waals surface area contributed by atoms with Gasteiger partial charge in [0, 0.05) is 7.05 Å². The summed E-state index contributed by atoms with van der Waals surface area (Å²) in [7, 11) is 1.87. The predicted molar refractivity (Wildman–Crippen MR) is 79.9 cm³/mol. The lowest BCUT2D eigenvalue weighted by molar-refractivity contribution is -0.137. The van der Waals surface area contributed by atoms with Crippen molar-refractivity contribution < 1.29 is 14.3 Å². The van der Waals surface area contributed by atoms with Gasteiger partial charge in [-0.2, -0.15) is 5.10 Å². The van der Waals surface area contributed by atoms with Crippen LogP contribution in [0.3, 0.4) is 0 Å². The Morgan fingerprint density at radius 1 is 1.50 bits per heavy atom. The van der Waals surface area contributed by atoms with E-state index in [2.05, 4.69) is 21.0 Å². The summed E-state index contributed by atoms with van der Waals surface area (Å²) in [5.74, 6) is 0.728. The Morgan fingerprint density at radius 2 is 2.30 bits per heavy atom. The van der Waals surface area contributed by atoms with E-state index in [1.165, 1.54) is 6.08 Å². The van der Waals surface area contributed by atoms with Gasteiger partial charge in [-0.15, -0.1) is 0 Å². The highest BCUT2D eigenvalue weighted by Crippen LogP contribution is 2.26. The van der Waals surface area contributed by atoms with E-state index in [9.17, 15) is 4.79 Å². The third kappa shape index (κ3) is 3.19. The molecule has 1 aromatic heterocycles. The molecule has 0 bridgehead atoms. The Morgan fingerprint density at radius 3 is 3.00 bits per heavy atom. The molecule has 6 heteroatoms. The zero-order valence-electron chi connectivity index (χ0n) is 11.3. The number of rotatable bonds is 5. The molecule has 0 aliphatic carbocycles. The molecule has 0 unspecified atom stereocenters. The van der Waals surface area contributed by atoms with Crippen LogP contribution in [0, 0.1) is 0 Å². The van der Waals surface area contributed by atoms with E-state index in [4.69, 9.17) is 9.47 Å². The van der Waals surface area contributed by atoms with Gasteiger partial charge in [-0.1, -0.05) is 22.0 Å². The first-order valence-corrected chi connectivity index (χ1v) is 7.29. The van der Waals surface area contributed by atoms with Crippen molar-refractivity contribution in [3.8, 4) is 5.75 Å². The number of hydrogen-bond donors (Lipinski definition) is 0. The Bertz CT molecular complexity index is 649. The van der Waals surface area contributed by atoms with Gasteiger partial charge in [0.15, 0.2) is 0 Å². The number of alkyl halides is 1. The van der Waals surface area contributed by atoms with Crippen LogP contribution in [0.1, 0.15) is 6.92 Å². The van der Waals surface area contributed by atoms with Crippen molar-refractivity contribution in [1.29, 1.82) is 0 Å². The maximum absolute atomic E-state index is 11.5. The van der Waals surface area contributed by atoms with E-state index in [1.807, 2.05) is 25.2 Å². The van der Waals surface area contributed by atoms with Crippen LogP contribution in [0.2, 0.25) is 0 Å². The summed E-state index contributed by atoms with van der Waals surface area (Å²) < 4.78 is 12.4. The molecule has 0 amide bonds. The lowest BCUT2D eigenvalue weighted by Crippen LogP contribution is -2.05. The van der Waals surface area contributed by atoms with E-state index in [-0.39, 0.29) is 0 Å². The van der Waals surface area contributed by atoms with Crippen LogP contribution >= 0.6 is 15.9 Å². The standard InChI is InChI=1S/C14H15BrN2O3/c1-3-19-14(18)7-10(8-15)20-13-6-4-5-12-11(13)9-16-17(12)2/h4-7,9H,3,8H2,1-2H3/b10-7-. The SMILES string of the molecule is CCOC(=O)/C=C(/CBr)Oc1cccc2c1cnn2C. The number of esters is 1. The van der Waals surface area contributed by atoms with Gasteiger partial charge in [0.25, 0.3) is 0 Å². The molecule has 2 aromatic rings. The number of carbonyl (C=O) groups excluding carboxylic acids is 1. The molecule has 1 heterocycles. The summed E-state index contributed by atoms with van der Waals surface area (Å²) in [5, 5.41) is 5.51. The molecule has 0 radical (unpaired) electrons. The number of ether oxygens (including phenoxy) is 2. The van der Waals surface area contributed by atoms with Gasteiger partial charge in [0.2, 0.25) is 0 Å². The summed E-state index contributed by atoms with van der Waals surface area (Å²) in [4.78, 5) is 11.5. The van der Waals surface area contributed by atoms with Crippen LogP contribution in [-0.2, 0) is 16.6 Å². The number of nitrogens with zero attached hydrogens (tertiary/aromatic N) is 2. The number of halogens is 1. The van der Waals surface area contributed by atoms with Gasteiger partial charge < -0.3 is 9.47 Å². The van der Waals surface area contributed by atoms with Crippen molar-refractivity contribution in [2.45, 2.75) is 6.92 Å². The summed E-state index contributed by atoms with van der Waals surface area (Å²) in [5.41, 5.74) is 0.965. The zero-order valence-corrected chi connectivity index (χ0v) is 12.9. The highest BCUT2D eigenvalue weighted by atomic mass is 79.9. The molecule has 0 atom stereocenters. The number of carbonyl (C=O) groups is 1. The number of fused-ring (bicyclic) bond motifs is 1. The molecule has 106 valence electrons. The fraction of sp³-hybridized carbons (Fsp3) is 0.286. The second kappa shape index (κ2) is 6.56. The lowest BCUT2D eigenvalue weighted by atomic mass is 10.2. The highest BCUT2D eigenvalue weighted by Gasteiger charge is 2.09. The lowest BCUT2D eigenvalue weighted by Gasteiger charge is -2.08. The summed E-state index contributed by atoms with van der Waals surface area (Å²) >= 11 is 3.30. The number of aromatic nitrogens is 2. The van der Waals surface area contributed by atoms with E-state index < -0.39 is 5.97 Å². The molecule has 5 nitrogen and oxygen atoms in total. The van der Waals surface area contributed by atoms with Crippen LogP contribution < -0.4 is 4.74 Å². The average molecular weight is 339 g/mol. The molecule has 0 aliphatic heterocycles. The first kappa shape index (κ1) is 14.6. The molecule has 0 saturated heterocycles. The minimum atomic E-state index is -0.416. The Hall–Kier alpha value is -1.82. The molecular weight excluding hydrogens is 324 g/mol. The van der Waals surface area contributed by atoms with Gasteiger partial charge >= 0.3 is 5.97 Å². The highest BCUT2D eigenvalue weighted by molar-refractivity contribution is 9.09. The fourth-order valence-electron chi connectivity index (χ4n) is 1.79. The predicted octanol–water partition coefficient (Wildman–Crippen LogP) is 2.79. The Balaban J connectivity index is 2.28. The molecule has 1 aromatic carbocycles. The number of benzene rings is 1. The van der Waals surface area contributed by atoms with Crippen molar-refractivity contribution in [1.82, 2.24) is 9.78 Å². The van der Waals surface area contributed by atoms with Crippen molar-refractivity contribution in [2.75, 3.05) is 11.9 Å². The van der Waals surface area contributed by atoms with E-state index in [0.29, 0.717) is 23.4 Å². The van der Waals surface area contributed by atoms with Gasteiger partial charge in [0.05, 0.1) is 35.1 Å². The van der Waals surface area contributed by atoms with Crippen molar-refractivity contribution in [3.63, 3.8) is 0 Å². The van der Waals surface area contributed by atoms with Crippen molar-refractivity contribution >= 4 is 32.8 Å². The van der Waals surface area contributed by atoms with Crippen LogP contribution in [0.15, 0.2) is 36.2 Å². The van der Waals surface area contributed by atoms with Crippen LogP contribution in [0.5, 0.6) is 5.75 Å². The van der Waals surface area contributed by atoms with E-state index in [1.54, 1.807) is 17.8 Å². The summed E-state index contributed by atoms with van der Waals surface area (Å²) in [6.45, 7) is 2.10. The molecule has 0 aliphatic rings. The second-order valence-electron chi connectivity index (χ2n) is 4.06. The zero-order chi connectivity index (χ0) is 14.5. The van der Waals surface area contributed by atoms with Crippen molar-refractivity contribution in [3.05, 3.63) is 36.2 Å². The number of hydrogen-bond acceptors (Lipinski definition) is 4. The minimum absolute atomic E-state index is 0.336. The van der Waals surface area contributed by atoms with Gasteiger partial charge in [-0.25, -0.2) is 4.79 Å². The quantitative estimate of drug-likeness (QED) is 0.364. The molecular formula is C14H15BrN2O3. The van der Waals surface area contributed by atoms with Crippen LogP contribution in [-0.4, -0.2) is 27.7 Å². The summed E-state index contributed by atoms with van der Waals surface area (Å²) in [6.07, 6.45) is 3.08. The van der Waals surface area contributed by atoms with E-state index >= 15 is 0 Å². The fourth-order valence-corrected chi connectivity index (χ4v) is 2.07. The molecule has 20 heavy (non-hydrogen) atoms. The average Bonchev–Trinajstić information content (AvgIpc) is 2.81. The number of aryl methyl sites for hydroxylation is 1. The summed E-state index contributed by atoms with van der Waals surface area (Å²) in [6, 6.07) is 5.68. The largest absolute Gasteiger partial charge is 0.463 e. The molecule has 0 saturated carbocycles. The first-order chi connectivity index (χ1) is 9.65. The molecule has 0 fully saturated rings. The van der Waals surface area contributed by atoms with Crippen molar-refractivity contribution in [2.24, 2.45) is 7.05 Å². The third-order valence-corrected chi connectivity index (χ3v) is 3.24. The van der Waals surface area contributed by atoms with Gasteiger partial charge in [-0.05, 0) is 19.1 Å². The second-order valence-corrected chi connectivity index (χ2v) is 4.62. The molecule has 0 spiro atoms. The normalized spacial score (nSPS) is 11.7. The number of allylic oxidation sites excluding steroid dienone is 1. The maximum Gasteiger partial charge on any atom is 0.334 e. The molecule has 0 N–H and O–H groups in total. The minimum Gasteiger partial charge on any atom is -0.463 e. The topological polar surface area (TPSA) is 53.4 Å². The van der Waals surface area contributed by atoms with Gasteiger partial charge in [0.1, 0.15) is 11.5 Å². The van der Waals surface area contributed by atoms with Gasteiger partial charge in [-0.3, -0.25) is 4.68 Å². The molecule has 2 rings (SSSR count). The first-order valence-electron chi connectivity index (χ1n) is 6.17. The van der Waals surface area contributed by atoms with E-state index in [0.717, 1.165) is 10.9 Å². The third-order valence-electron chi connectivity index (χ3n) is 2.69.